The summed E-state index contributed by atoms with van der Waals surface area (Å²) in [5, 5.41) is 3.15. The molecule has 1 aliphatic rings. The van der Waals surface area contributed by atoms with Gasteiger partial charge in [-0.3, -0.25) is 4.79 Å². The van der Waals surface area contributed by atoms with Crippen molar-refractivity contribution in [3.05, 3.63) is 63.6 Å². The van der Waals surface area contributed by atoms with Gasteiger partial charge < -0.3 is 11.1 Å². The summed E-state index contributed by atoms with van der Waals surface area (Å²) in [5.74, 6) is 0.0843. The second-order valence-electron chi connectivity index (χ2n) is 5.67. The third kappa shape index (κ3) is 4.06. The topological polar surface area (TPSA) is 55.1 Å². The minimum absolute atomic E-state index is 0. The maximum atomic E-state index is 12.2. The molecule has 0 aliphatic heterocycles. The highest BCUT2D eigenvalue weighted by molar-refractivity contribution is 9.10. The summed E-state index contributed by atoms with van der Waals surface area (Å²) in [6, 6.07) is 14.0. The number of aryl methyl sites for hydroxylation is 1. The van der Waals surface area contributed by atoms with Gasteiger partial charge >= 0.3 is 0 Å². The fourth-order valence-corrected chi connectivity index (χ4v) is 3.62. The lowest BCUT2D eigenvalue weighted by Gasteiger charge is -2.14. The summed E-state index contributed by atoms with van der Waals surface area (Å²) in [4.78, 5) is 12.2. The van der Waals surface area contributed by atoms with E-state index in [2.05, 4.69) is 33.4 Å². The molecule has 3 rings (SSSR count). The minimum atomic E-state index is 0. The Balaban J connectivity index is 0.00000192. The quantitative estimate of drug-likeness (QED) is 0.763. The second-order valence-corrected chi connectivity index (χ2v) is 6.52. The fourth-order valence-electron chi connectivity index (χ4n) is 3.04. The van der Waals surface area contributed by atoms with Crippen LogP contribution in [0.1, 0.15) is 35.6 Å². The number of rotatable bonds is 4. The summed E-state index contributed by atoms with van der Waals surface area (Å²) in [7, 11) is 0. The van der Waals surface area contributed by atoms with Crippen LogP contribution in [-0.4, -0.2) is 5.91 Å². The van der Waals surface area contributed by atoms with Crippen LogP contribution in [0, 0.1) is 0 Å². The lowest BCUT2D eigenvalue weighted by molar-refractivity contribution is -0.121. The van der Waals surface area contributed by atoms with Crippen molar-refractivity contribution >= 4 is 39.9 Å². The van der Waals surface area contributed by atoms with Gasteiger partial charge in [0, 0.05) is 16.6 Å². The average Bonchev–Trinajstić information content (AvgIpc) is 2.91. The molecule has 0 bridgehead atoms. The molecule has 3 nitrogen and oxygen atoms in total. The fraction of sp³-hybridized carbons (Fsp3) is 0.278. The molecule has 122 valence electrons. The first-order valence-corrected chi connectivity index (χ1v) is 8.34. The number of nitrogen functional groups attached to an aromatic ring is 1. The van der Waals surface area contributed by atoms with Gasteiger partial charge in [-0.1, -0.05) is 46.3 Å². The van der Waals surface area contributed by atoms with E-state index in [0.29, 0.717) is 12.8 Å². The van der Waals surface area contributed by atoms with Gasteiger partial charge in [-0.25, -0.2) is 0 Å². The Morgan fingerprint density at radius 2 is 2.00 bits per heavy atom. The number of fused-ring (bicyclic) bond motifs is 1. The van der Waals surface area contributed by atoms with Crippen LogP contribution in [0.5, 0.6) is 0 Å². The van der Waals surface area contributed by atoms with Gasteiger partial charge in [0.05, 0.1) is 6.04 Å². The molecule has 0 aromatic heterocycles. The molecule has 5 heteroatoms. The molecule has 0 saturated carbocycles. The Bertz CT molecular complexity index is 705. The van der Waals surface area contributed by atoms with Crippen LogP contribution in [0.2, 0.25) is 0 Å². The Morgan fingerprint density at radius 3 is 2.78 bits per heavy atom. The van der Waals surface area contributed by atoms with Crippen molar-refractivity contribution in [2.24, 2.45) is 0 Å². The molecule has 0 radical (unpaired) electrons. The number of carbonyl (C=O) groups is 1. The predicted octanol–water partition coefficient (Wildman–Crippen LogP) is 4.19. The zero-order valence-electron chi connectivity index (χ0n) is 12.7. The van der Waals surface area contributed by atoms with Gasteiger partial charge in [-0.05, 0) is 48.1 Å². The predicted molar refractivity (Wildman–Crippen MR) is 99.8 cm³/mol. The van der Waals surface area contributed by atoms with Crippen LogP contribution >= 0.6 is 28.3 Å². The lowest BCUT2D eigenvalue weighted by Crippen LogP contribution is -2.27. The van der Waals surface area contributed by atoms with Gasteiger partial charge in [0.25, 0.3) is 0 Å². The number of benzene rings is 2. The van der Waals surface area contributed by atoms with Crippen molar-refractivity contribution < 1.29 is 4.79 Å². The molecule has 0 heterocycles. The van der Waals surface area contributed by atoms with Gasteiger partial charge in [0.2, 0.25) is 5.91 Å². The van der Waals surface area contributed by atoms with E-state index in [1.165, 1.54) is 11.1 Å². The highest BCUT2D eigenvalue weighted by Gasteiger charge is 2.25. The van der Waals surface area contributed by atoms with Gasteiger partial charge in [-0.15, -0.1) is 12.4 Å². The number of nitrogens with one attached hydrogen (secondary N) is 1. The standard InChI is InChI=1S/C18H19BrN2O.ClH/c19-15-6-3-5-14-13(15)9-10-17(14)21-18(22)11-8-12-4-1-2-7-16(12)20;/h1-7,17H,8-11,20H2,(H,21,22);1H. The molecule has 2 aromatic carbocycles. The number of carbonyl (C=O) groups excluding carboxylic acids is 1. The normalized spacial score (nSPS) is 15.6. The molecule has 1 amide bonds. The lowest BCUT2D eigenvalue weighted by atomic mass is 10.1. The summed E-state index contributed by atoms with van der Waals surface area (Å²) in [5.41, 5.74) is 10.3. The Hall–Kier alpha value is -1.52. The number of hydrogen-bond acceptors (Lipinski definition) is 2. The number of nitrogens with two attached hydrogens (primary N) is 1. The SMILES string of the molecule is Cl.Nc1ccccc1CCC(=O)NC1CCc2c(Br)cccc21. The largest absolute Gasteiger partial charge is 0.399 e. The van der Waals surface area contributed by atoms with Crippen molar-refractivity contribution in [3.63, 3.8) is 0 Å². The van der Waals surface area contributed by atoms with Crippen LogP contribution in [0.3, 0.4) is 0 Å². The number of halogens is 2. The molecule has 0 spiro atoms. The second kappa shape index (κ2) is 7.84. The first-order valence-electron chi connectivity index (χ1n) is 7.55. The van der Waals surface area contributed by atoms with E-state index in [9.17, 15) is 4.79 Å². The molecule has 1 aliphatic carbocycles. The smallest absolute Gasteiger partial charge is 0.220 e. The molecular weight excluding hydrogens is 376 g/mol. The monoisotopic (exact) mass is 394 g/mol. The zero-order valence-corrected chi connectivity index (χ0v) is 15.1. The van der Waals surface area contributed by atoms with Crippen LogP contribution in [0.25, 0.3) is 0 Å². The maximum absolute atomic E-state index is 12.2. The van der Waals surface area contributed by atoms with Crippen molar-refractivity contribution in [2.75, 3.05) is 5.73 Å². The maximum Gasteiger partial charge on any atom is 0.220 e. The highest BCUT2D eigenvalue weighted by Crippen LogP contribution is 2.35. The van der Waals surface area contributed by atoms with Crippen LogP contribution < -0.4 is 11.1 Å². The molecule has 2 aromatic rings. The molecule has 1 atom stereocenters. The van der Waals surface area contributed by atoms with E-state index >= 15 is 0 Å². The van der Waals surface area contributed by atoms with E-state index < -0.39 is 0 Å². The van der Waals surface area contributed by atoms with Crippen molar-refractivity contribution in [2.45, 2.75) is 31.7 Å². The summed E-state index contributed by atoms with van der Waals surface area (Å²) < 4.78 is 1.14. The molecule has 23 heavy (non-hydrogen) atoms. The number of anilines is 1. The van der Waals surface area contributed by atoms with E-state index in [1.54, 1.807) is 0 Å². The first kappa shape index (κ1) is 17.8. The number of hydrogen-bond donors (Lipinski definition) is 2. The van der Waals surface area contributed by atoms with E-state index in [4.69, 9.17) is 5.73 Å². The zero-order chi connectivity index (χ0) is 15.5. The molecule has 1 unspecified atom stereocenters. The van der Waals surface area contributed by atoms with Gasteiger partial charge in [-0.2, -0.15) is 0 Å². The van der Waals surface area contributed by atoms with Gasteiger partial charge in [0.1, 0.15) is 0 Å². The summed E-state index contributed by atoms with van der Waals surface area (Å²) in [6.07, 6.45) is 3.12. The molecule has 0 fully saturated rings. The Kier molecular flexibility index (Phi) is 6.08. The van der Waals surface area contributed by atoms with Crippen LogP contribution in [0.4, 0.5) is 5.69 Å². The Morgan fingerprint density at radius 1 is 1.22 bits per heavy atom. The number of para-hydroxylation sites is 1. The first-order chi connectivity index (χ1) is 10.6. The molecule has 3 N–H and O–H groups in total. The highest BCUT2D eigenvalue weighted by atomic mass is 79.9. The van der Waals surface area contributed by atoms with Crippen LogP contribution in [-0.2, 0) is 17.6 Å². The Labute approximate surface area is 151 Å². The van der Waals surface area contributed by atoms with Gasteiger partial charge in [0.15, 0.2) is 0 Å². The van der Waals surface area contributed by atoms with Crippen molar-refractivity contribution in [1.29, 1.82) is 0 Å². The van der Waals surface area contributed by atoms with E-state index in [1.807, 2.05) is 30.3 Å². The molecule has 0 saturated heterocycles. The van der Waals surface area contributed by atoms with Crippen molar-refractivity contribution in [1.82, 2.24) is 5.32 Å². The number of amides is 1. The van der Waals surface area contributed by atoms with Crippen LogP contribution in [0.15, 0.2) is 46.9 Å². The van der Waals surface area contributed by atoms with E-state index in [-0.39, 0.29) is 24.4 Å². The minimum Gasteiger partial charge on any atom is -0.399 e. The van der Waals surface area contributed by atoms with E-state index in [0.717, 1.165) is 28.6 Å². The van der Waals surface area contributed by atoms with Crippen molar-refractivity contribution in [3.8, 4) is 0 Å². The third-order valence-corrected chi connectivity index (χ3v) is 4.97. The average molecular weight is 396 g/mol. The third-order valence-electron chi connectivity index (χ3n) is 4.23. The molecular formula is C18H20BrClN2O. The summed E-state index contributed by atoms with van der Waals surface area (Å²) >= 11 is 3.58. The summed E-state index contributed by atoms with van der Waals surface area (Å²) in [6.45, 7) is 0.